The van der Waals surface area contributed by atoms with Crippen molar-refractivity contribution in [2.24, 2.45) is 11.8 Å². The zero-order valence-electron chi connectivity index (χ0n) is 24.3. The molecule has 16 heteroatoms. The lowest BCUT2D eigenvalue weighted by Crippen LogP contribution is -2.63. The maximum atomic E-state index is 13.5. The highest BCUT2D eigenvalue weighted by atomic mass is 32.2. The van der Waals surface area contributed by atoms with Crippen LogP contribution in [0.1, 0.15) is 25.0 Å². The largest absolute Gasteiger partial charge is 0.456 e. The Bertz CT molecular complexity index is 1530. The van der Waals surface area contributed by atoms with E-state index in [1.165, 1.54) is 72.1 Å². The molecule has 3 aliphatic rings. The average Bonchev–Trinajstić information content (AvgIpc) is 3.26. The summed E-state index contributed by atoms with van der Waals surface area (Å²) in [5, 5.41) is 31.8. The monoisotopic (exact) mass is 658 g/mol. The van der Waals surface area contributed by atoms with Crippen LogP contribution in [0.3, 0.4) is 0 Å². The van der Waals surface area contributed by atoms with Crippen LogP contribution in [0.25, 0.3) is 0 Å². The Labute approximate surface area is 266 Å². The predicted molar refractivity (Wildman–Crippen MR) is 164 cm³/mol. The number of nitro groups is 2. The van der Waals surface area contributed by atoms with E-state index in [-0.39, 0.29) is 36.2 Å². The van der Waals surface area contributed by atoms with E-state index in [1.807, 2.05) is 6.92 Å². The maximum absolute atomic E-state index is 13.5. The van der Waals surface area contributed by atoms with Crippen LogP contribution in [0, 0.1) is 32.1 Å². The quantitative estimate of drug-likeness (QED) is 0.167. The molecule has 0 radical (unpaired) electrons. The molecule has 5 atom stereocenters. The van der Waals surface area contributed by atoms with E-state index in [0.29, 0.717) is 34.1 Å². The zero-order valence-corrected chi connectivity index (χ0v) is 25.9. The van der Waals surface area contributed by atoms with Gasteiger partial charge in [-0.15, -0.1) is 11.8 Å². The summed E-state index contributed by atoms with van der Waals surface area (Å²) in [6, 6.07) is 10.8. The lowest BCUT2D eigenvalue weighted by atomic mass is 9.79. The highest BCUT2D eigenvalue weighted by Crippen LogP contribution is 2.52. The number of nitrogens with zero attached hydrogens (tertiary/aromatic N) is 4. The molecule has 2 fully saturated rings. The second-order valence-corrected chi connectivity index (χ2v) is 13.2. The van der Waals surface area contributed by atoms with Gasteiger partial charge in [-0.25, -0.2) is 9.59 Å². The fourth-order valence-electron chi connectivity index (χ4n) is 5.58. The van der Waals surface area contributed by atoms with Crippen LogP contribution in [0.4, 0.5) is 16.2 Å². The number of aliphatic hydroxyl groups is 1. The summed E-state index contributed by atoms with van der Waals surface area (Å²) in [6.07, 6.45) is -1.51. The Hall–Kier alpha value is -4.15. The number of hydrogen-bond donors (Lipinski definition) is 1. The molecule has 5 rings (SSSR count). The number of esters is 1. The standard InChI is InChI=1S/C29H30N4O10S2/c1-16-24-23(17(2)34)27(35)31(24)25(28(36)42-13-18-3-7-20(8-4-18)32(38)39)26(16)45-22-15-44-12-11-30(22)29(37)43-14-19-5-9-21(10-6-19)33(40)41/h3-10,16-17,22-24,34H,11-15H2,1-2H3/t16-,17-,22?,23-,24+/m1/s1. The predicted octanol–water partition coefficient (Wildman–Crippen LogP) is 4.06. The number of carbonyl (C=O) groups is 3. The average molecular weight is 659 g/mol. The van der Waals surface area contributed by atoms with Gasteiger partial charge in [-0.05, 0) is 42.3 Å². The zero-order chi connectivity index (χ0) is 32.4. The van der Waals surface area contributed by atoms with Crippen molar-refractivity contribution in [3.63, 3.8) is 0 Å². The van der Waals surface area contributed by atoms with Crippen LogP contribution < -0.4 is 0 Å². The number of carbonyl (C=O) groups excluding carboxylic acids is 3. The summed E-state index contributed by atoms with van der Waals surface area (Å²) in [5.41, 5.74) is 0.999. The molecule has 0 spiro atoms. The first-order valence-electron chi connectivity index (χ1n) is 14.0. The number of β-lactam (4-membered cyclic amide) rings is 1. The van der Waals surface area contributed by atoms with E-state index in [2.05, 4.69) is 0 Å². The number of ether oxygens (including phenoxy) is 2. The molecule has 0 saturated carbocycles. The van der Waals surface area contributed by atoms with Crippen LogP contribution in [0.15, 0.2) is 59.1 Å². The number of fused-ring (bicyclic) bond motifs is 1. The molecule has 1 unspecified atom stereocenters. The van der Waals surface area contributed by atoms with Gasteiger partial charge in [0.15, 0.2) is 0 Å². The maximum Gasteiger partial charge on any atom is 0.411 e. The van der Waals surface area contributed by atoms with Crippen molar-refractivity contribution < 1.29 is 38.8 Å². The molecule has 2 amide bonds. The molecule has 0 aromatic heterocycles. The number of thioether (sulfide) groups is 2. The number of benzene rings is 2. The minimum Gasteiger partial charge on any atom is -0.456 e. The molecule has 2 aromatic carbocycles. The lowest BCUT2D eigenvalue weighted by molar-refractivity contribution is -0.385. The summed E-state index contributed by atoms with van der Waals surface area (Å²) in [4.78, 5) is 64.2. The van der Waals surface area contributed by atoms with Gasteiger partial charge in [0.1, 0.15) is 18.9 Å². The molecular formula is C29H30N4O10S2. The smallest absolute Gasteiger partial charge is 0.411 e. The molecule has 238 valence electrons. The molecule has 0 aliphatic carbocycles. The summed E-state index contributed by atoms with van der Waals surface area (Å²) in [5.74, 6) is -0.981. The third kappa shape index (κ3) is 6.62. The molecule has 2 aromatic rings. The molecule has 2 saturated heterocycles. The first-order chi connectivity index (χ1) is 21.5. The lowest BCUT2D eigenvalue weighted by Gasteiger charge is -2.46. The number of hydrogen-bond acceptors (Lipinski definition) is 12. The van der Waals surface area contributed by atoms with Crippen molar-refractivity contribution in [3.05, 3.63) is 90.5 Å². The van der Waals surface area contributed by atoms with Gasteiger partial charge >= 0.3 is 12.1 Å². The Kier molecular flexibility index (Phi) is 9.65. The second kappa shape index (κ2) is 13.5. The van der Waals surface area contributed by atoms with Crippen molar-refractivity contribution in [2.45, 2.75) is 44.6 Å². The SMILES string of the molecule is C[C@@H](O)[C@H]1C(=O)N2C(C(=O)OCc3ccc([N+](=O)[O-])cc3)=C(SC3CSCCN3C(=O)OCc3ccc([N+](=O)[O-])cc3)[C@H](C)[C@@H]12. The van der Waals surface area contributed by atoms with Gasteiger partial charge in [-0.1, -0.05) is 6.92 Å². The number of amides is 2. The molecular weight excluding hydrogens is 628 g/mol. The van der Waals surface area contributed by atoms with Crippen molar-refractivity contribution in [1.29, 1.82) is 0 Å². The summed E-state index contributed by atoms with van der Waals surface area (Å²) >= 11 is 2.91. The topological polar surface area (TPSA) is 183 Å². The van der Waals surface area contributed by atoms with Crippen molar-refractivity contribution in [2.75, 3.05) is 18.1 Å². The van der Waals surface area contributed by atoms with E-state index < -0.39 is 51.3 Å². The summed E-state index contributed by atoms with van der Waals surface area (Å²) in [6.45, 7) is 3.51. The van der Waals surface area contributed by atoms with Crippen LogP contribution in [0.5, 0.6) is 0 Å². The van der Waals surface area contributed by atoms with Gasteiger partial charge in [0.2, 0.25) is 5.91 Å². The van der Waals surface area contributed by atoms with Crippen molar-refractivity contribution >= 4 is 52.9 Å². The van der Waals surface area contributed by atoms with Gasteiger partial charge in [0.25, 0.3) is 11.4 Å². The van der Waals surface area contributed by atoms with Gasteiger partial charge in [-0.2, -0.15) is 11.8 Å². The fourth-order valence-corrected chi connectivity index (χ4v) is 8.27. The van der Waals surface area contributed by atoms with Gasteiger partial charge < -0.3 is 19.5 Å². The number of aliphatic hydroxyl groups excluding tert-OH is 1. The second-order valence-electron chi connectivity index (χ2n) is 10.8. The van der Waals surface area contributed by atoms with E-state index in [9.17, 15) is 39.7 Å². The van der Waals surface area contributed by atoms with E-state index in [4.69, 9.17) is 9.47 Å². The van der Waals surface area contributed by atoms with Gasteiger partial charge in [-0.3, -0.25) is 29.9 Å². The highest BCUT2D eigenvalue weighted by molar-refractivity contribution is 8.05. The van der Waals surface area contributed by atoms with Crippen molar-refractivity contribution in [1.82, 2.24) is 9.80 Å². The van der Waals surface area contributed by atoms with Crippen molar-refractivity contribution in [3.8, 4) is 0 Å². The van der Waals surface area contributed by atoms with Gasteiger partial charge in [0, 0.05) is 53.1 Å². The molecule has 1 N–H and O–H groups in total. The molecule has 0 bridgehead atoms. The van der Waals surface area contributed by atoms with E-state index in [1.54, 1.807) is 16.7 Å². The van der Waals surface area contributed by atoms with Crippen LogP contribution >= 0.6 is 23.5 Å². The first-order valence-corrected chi connectivity index (χ1v) is 16.1. The third-order valence-corrected chi connectivity index (χ3v) is 10.7. The van der Waals surface area contributed by atoms with E-state index >= 15 is 0 Å². The number of non-ortho nitro benzene ring substituents is 2. The summed E-state index contributed by atoms with van der Waals surface area (Å²) < 4.78 is 11.1. The highest BCUT2D eigenvalue weighted by Gasteiger charge is 2.60. The molecule has 45 heavy (non-hydrogen) atoms. The molecule has 3 aliphatic heterocycles. The van der Waals surface area contributed by atoms with Crippen LogP contribution in [-0.2, 0) is 32.3 Å². The van der Waals surface area contributed by atoms with Crippen LogP contribution in [-0.4, -0.2) is 78.3 Å². The first kappa shape index (κ1) is 32.2. The Morgan fingerprint density at radius 3 is 2.11 bits per heavy atom. The third-order valence-electron chi connectivity index (χ3n) is 7.91. The molecule has 3 heterocycles. The van der Waals surface area contributed by atoms with Gasteiger partial charge in [0.05, 0.1) is 33.3 Å². The Morgan fingerprint density at radius 1 is 1.02 bits per heavy atom. The minimum absolute atomic E-state index is 0.0658. The number of nitro benzene ring substituents is 2. The Balaban J connectivity index is 1.33. The van der Waals surface area contributed by atoms with Crippen LogP contribution in [0.2, 0.25) is 0 Å². The summed E-state index contributed by atoms with van der Waals surface area (Å²) in [7, 11) is 0. The van der Waals surface area contributed by atoms with E-state index in [0.717, 1.165) is 0 Å². The number of rotatable bonds is 10. The Morgan fingerprint density at radius 2 is 1.58 bits per heavy atom. The minimum atomic E-state index is -0.931. The fraction of sp³-hybridized carbons (Fsp3) is 0.414. The molecule has 14 nitrogen and oxygen atoms in total. The normalized spacial score (nSPS) is 23.2.